The fraction of sp³-hybridized carbons (Fsp3) is 0.409. The Balaban J connectivity index is 1.55. The van der Waals surface area contributed by atoms with Crippen LogP contribution in [0.15, 0.2) is 54.6 Å². The molecule has 2 aromatic carbocycles. The van der Waals surface area contributed by atoms with Crippen molar-refractivity contribution in [1.29, 1.82) is 0 Å². The molecule has 1 aliphatic rings. The molecule has 2 aromatic rings. The molecule has 0 saturated heterocycles. The van der Waals surface area contributed by atoms with Crippen molar-refractivity contribution in [2.75, 3.05) is 26.2 Å². The Labute approximate surface area is 156 Å². The van der Waals surface area contributed by atoms with Crippen LogP contribution in [0.4, 0.5) is 0 Å². The quantitative estimate of drug-likeness (QED) is 0.769. The standard InChI is InChI=1S/C22H29N3O/c23-14-16-25(15-13-18-7-2-1-3-8-18)17-22(26)24-21-12-6-10-19-9-4-5-11-20(19)21/h1-5,7-9,11,21H,6,10,12-17,23H2,(H,24,26). The molecule has 3 N–H and O–H groups in total. The van der Waals surface area contributed by atoms with Crippen molar-refractivity contribution >= 4 is 5.91 Å². The Morgan fingerprint density at radius 2 is 1.85 bits per heavy atom. The van der Waals surface area contributed by atoms with Crippen LogP contribution in [-0.2, 0) is 17.6 Å². The lowest BCUT2D eigenvalue weighted by molar-refractivity contribution is -0.123. The molecule has 1 amide bonds. The Hall–Kier alpha value is -2.17. The third-order valence-corrected chi connectivity index (χ3v) is 5.08. The number of benzene rings is 2. The van der Waals surface area contributed by atoms with Gasteiger partial charge in [-0.05, 0) is 42.4 Å². The number of nitrogens with two attached hydrogens (primary N) is 1. The number of rotatable bonds is 8. The van der Waals surface area contributed by atoms with E-state index in [2.05, 4.69) is 58.7 Å². The van der Waals surface area contributed by atoms with E-state index < -0.39 is 0 Å². The van der Waals surface area contributed by atoms with Gasteiger partial charge in [0.2, 0.25) is 5.91 Å². The summed E-state index contributed by atoms with van der Waals surface area (Å²) in [5.41, 5.74) is 9.68. The van der Waals surface area contributed by atoms with Crippen molar-refractivity contribution in [3.05, 3.63) is 71.3 Å². The summed E-state index contributed by atoms with van der Waals surface area (Å²) in [5, 5.41) is 3.24. The number of amides is 1. The molecule has 0 aromatic heterocycles. The van der Waals surface area contributed by atoms with Gasteiger partial charge in [0.05, 0.1) is 12.6 Å². The highest BCUT2D eigenvalue weighted by Crippen LogP contribution is 2.29. The summed E-state index contributed by atoms with van der Waals surface area (Å²) in [7, 11) is 0. The molecular weight excluding hydrogens is 322 g/mol. The van der Waals surface area contributed by atoms with E-state index in [-0.39, 0.29) is 11.9 Å². The first-order valence-electron chi connectivity index (χ1n) is 9.60. The number of hydrogen-bond acceptors (Lipinski definition) is 3. The summed E-state index contributed by atoms with van der Waals surface area (Å²) in [4.78, 5) is 14.8. The molecule has 0 heterocycles. The molecule has 3 rings (SSSR count). The zero-order chi connectivity index (χ0) is 18.2. The number of aryl methyl sites for hydroxylation is 1. The van der Waals surface area contributed by atoms with Gasteiger partial charge in [-0.1, -0.05) is 54.6 Å². The largest absolute Gasteiger partial charge is 0.348 e. The summed E-state index contributed by atoms with van der Waals surface area (Å²) < 4.78 is 0. The Morgan fingerprint density at radius 1 is 1.08 bits per heavy atom. The molecule has 4 heteroatoms. The Bertz CT molecular complexity index is 702. The lowest BCUT2D eigenvalue weighted by Gasteiger charge is -2.28. The number of fused-ring (bicyclic) bond motifs is 1. The fourth-order valence-corrected chi connectivity index (χ4v) is 3.73. The van der Waals surface area contributed by atoms with Crippen molar-refractivity contribution in [1.82, 2.24) is 10.2 Å². The van der Waals surface area contributed by atoms with Crippen molar-refractivity contribution in [3.8, 4) is 0 Å². The molecule has 0 fully saturated rings. The lowest BCUT2D eigenvalue weighted by atomic mass is 9.88. The summed E-state index contributed by atoms with van der Waals surface area (Å²) in [6.07, 6.45) is 4.19. The van der Waals surface area contributed by atoms with Gasteiger partial charge in [-0.25, -0.2) is 0 Å². The van der Waals surface area contributed by atoms with Gasteiger partial charge in [-0.15, -0.1) is 0 Å². The number of nitrogens with zero attached hydrogens (tertiary/aromatic N) is 1. The van der Waals surface area contributed by atoms with Crippen LogP contribution in [0, 0.1) is 0 Å². The van der Waals surface area contributed by atoms with Crippen LogP contribution in [0.5, 0.6) is 0 Å². The number of nitrogens with one attached hydrogen (secondary N) is 1. The van der Waals surface area contributed by atoms with Gasteiger partial charge >= 0.3 is 0 Å². The first kappa shape index (κ1) is 18.6. The topological polar surface area (TPSA) is 58.4 Å². The number of carbonyl (C=O) groups excluding carboxylic acids is 1. The minimum Gasteiger partial charge on any atom is -0.348 e. The summed E-state index contributed by atoms with van der Waals surface area (Å²) >= 11 is 0. The molecule has 0 saturated carbocycles. The second-order valence-electron chi connectivity index (χ2n) is 7.01. The van der Waals surface area contributed by atoms with Crippen LogP contribution in [0.1, 0.15) is 35.6 Å². The molecule has 0 spiro atoms. The second-order valence-corrected chi connectivity index (χ2v) is 7.01. The van der Waals surface area contributed by atoms with E-state index in [1.165, 1.54) is 16.7 Å². The second kappa shape index (κ2) is 9.51. The van der Waals surface area contributed by atoms with E-state index in [0.29, 0.717) is 13.1 Å². The highest BCUT2D eigenvalue weighted by molar-refractivity contribution is 5.78. The maximum Gasteiger partial charge on any atom is 0.234 e. The normalized spacial score (nSPS) is 16.3. The van der Waals surface area contributed by atoms with Crippen LogP contribution in [-0.4, -0.2) is 37.0 Å². The van der Waals surface area contributed by atoms with Crippen LogP contribution in [0.3, 0.4) is 0 Å². The van der Waals surface area contributed by atoms with Crippen LogP contribution >= 0.6 is 0 Å². The molecule has 26 heavy (non-hydrogen) atoms. The molecule has 4 nitrogen and oxygen atoms in total. The molecule has 1 unspecified atom stereocenters. The predicted octanol–water partition coefficient (Wildman–Crippen LogP) is 2.68. The first-order valence-corrected chi connectivity index (χ1v) is 9.60. The highest BCUT2D eigenvalue weighted by atomic mass is 16.2. The van der Waals surface area contributed by atoms with Gasteiger partial charge in [-0.2, -0.15) is 0 Å². The van der Waals surface area contributed by atoms with E-state index in [0.717, 1.165) is 38.8 Å². The third kappa shape index (κ3) is 5.16. The molecule has 1 aliphatic carbocycles. The van der Waals surface area contributed by atoms with Gasteiger partial charge in [0.25, 0.3) is 0 Å². The maximum atomic E-state index is 12.6. The lowest BCUT2D eigenvalue weighted by Crippen LogP contribution is -2.42. The molecular formula is C22H29N3O. The van der Waals surface area contributed by atoms with Gasteiger partial charge in [0, 0.05) is 19.6 Å². The molecule has 138 valence electrons. The summed E-state index contributed by atoms with van der Waals surface area (Å²) in [6, 6.07) is 19.0. The van der Waals surface area contributed by atoms with Crippen molar-refractivity contribution in [3.63, 3.8) is 0 Å². The molecule has 0 bridgehead atoms. The van der Waals surface area contributed by atoms with E-state index in [1.807, 2.05) is 6.07 Å². The molecule has 0 aliphatic heterocycles. The van der Waals surface area contributed by atoms with Gasteiger partial charge in [-0.3, -0.25) is 9.69 Å². The number of carbonyl (C=O) groups is 1. The van der Waals surface area contributed by atoms with Crippen molar-refractivity contribution in [2.45, 2.75) is 31.7 Å². The monoisotopic (exact) mass is 351 g/mol. The predicted molar refractivity (Wildman–Crippen MR) is 106 cm³/mol. The van der Waals surface area contributed by atoms with E-state index >= 15 is 0 Å². The smallest absolute Gasteiger partial charge is 0.234 e. The van der Waals surface area contributed by atoms with E-state index in [1.54, 1.807) is 0 Å². The third-order valence-electron chi connectivity index (χ3n) is 5.08. The van der Waals surface area contributed by atoms with Gasteiger partial charge < -0.3 is 11.1 Å². The van der Waals surface area contributed by atoms with Gasteiger partial charge in [0.15, 0.2) is 0 Å². The summed E-state index contributed by atoms with van der Waals surface area (Å²) in [5.74, 6) is 0.0909. The highest BCUT2D eigenvalue weighted by Gasteiger charge is 2.22. The average Bonchev–Trinajstić information content (AvgIpc) is 2.67. The fourth-order valence-electron chi connectivity index (χ4n) is 3.73. The van der Waals surface area contributed by atoms with Crippen LogP contribution in [0.25, 0.3) is 0 Å². The van der Waals surface area contributed by atoms with Gasteiger partial charge in [0.1, 0.15) is 0 Å². The Kier molecular flexibility index (Phi) is 6.81. The zero-order valence-electron chi connectivity index (χ0n) is 15.4. The molecule has 1 atom stereocenters. The van der Waals surface area contributed by atoms with Crippen molar-refractivity contribution < 1.29 is 4.79 Å². The van der Waals surface area contributed by atoms with Crippen molar-refractivity contribution in [2.24, 2.45) is 5.73 Å². The minimum atomic E-state index is 0.0909. The van der Waals surface area contributed by atoms with E-state index in [9.17, 15) is 4.79 Å². The average molecular weight is 351 g/mol. The SMILES string of the molecule is NCCN(CCc1ccccc1)CC(=O)NC1CCCc2ccccc21. The summed E-state index contributed by atoms with van der Waals surface area (Å²) in [6.45, 7) is 2.55. The molecule has 0 radical (unpaired) electrons. The zero-order valence-corrected chi connectivity index (χ0v) is 15.4. The van der Waals surface area contributed by atoms with Crippen LogP contribution in [0.2, 0.25) is 0 Å². The first-order chi connectivity index (χ1) is 12.8. The van der Waals surface area contributed by atoms with E-state index in [4.69, 9.17) is 5.73 Å². The minimum absolute atomic E-state index is 0.0909. The number of hydrogen-bond donors (Lipinski definition) is 2. The Morgan fingerprint density at radius 3 is 2.65 bits per heavy atom. The maximum absolute atomic E-state index is 12.6. The van der Waals surface area contributed by atoms with Crippen LogP contribution < -0.4 is 11.1 Å².